The largest absolute Gasteiger partial charge is 0.416 e. The first-order valence-corrected chi connectivity index (χ1v) is 4.03. The van der Waals surface area contributed by atoms with E-state index < -0.39 is 11.7 Å². The molecule has 0 fully saturated rings. The van der Waals surface area contributed by atoms with Crippen molar-refractivity contribution >= 4 is 0 Å². The van der Waals surface area contributed by atoms with Crippen LogP contribution < -0.4 is 0 Å². The quantitative estimate of drug-likeness (QED) is 0.602. The molecule has 1 nitrogen and oxygen atoms in total. The number of halogens is 3. The second kappa shape index (κ2) is 4.06. The third-order valence-electron chi connectivity index (χ3n) is 1.89. The number of hydrogen-bond acceptors (Lipinski definition) is 1. The van der Waals surface area contributed by atoms with Gasteiger partial charge in [-0.2, -0.15) is 18.4 Å². The molecule has 4 heteroatoms. The van der Waals surface area contributed by atoms with E-state index >= 15 is 0 Å². The molecule has 15 heavy (non-hydrogen) atoms. The number of benzene rings is 1. The van der Waals surface area contributed by atoms with E-state index in [1.807, 2.05) is 0 Å². The summed E-state index contributed by atoms with van der Waals surface area (Å²) in [5.74, 6) is 4.44. The van der Waals surface area contributed by atoms with Gasteiger partial charge in [-0.1, -0.05) is 12.0 Å². The Kier molecular flexibility index (Phi) is 3.01. The molecule has 0 saturated carbocycles. The predicted octanol–water partition coefficient (Wildman–Crippen LogP) is 2.89. The predicted molar refractivity (Wildman–Crippen MR) is 48.7 cm³/mol. The van der Waals surface area contributed by atoms with Gasteiger partial charge in [0.15, 0.2) is 6.07 Å². The van der Waals surface area contributed by atoms with Crippen LogP contribution in [0.15, 0.2) is 18.2 Å². The minimum absolute atomic E-state index is 0.0488. The van der Waals surface area contributed by atoms with Gasteiger partial charge in [0.1, 0.15) is 0 Å². The van der Waals surface area contributed by atoms with E-state index in [0.29, 0.717) is 0 Å². The van der Waals surface area contributed by atoms with Gasteiger partial charge in [-0.15, -0.1) is 0 Å². The Morgan fingerprint density at radius 2 is 1.93 bits per heavy atom. The van der Waals surface area contributed by atoms with E-state index in [1.165, 1.54) is 19.1 Å². The molecule has 0 heterocycles. The highest BCUT2D eigenvalue weighted by Crippen LogP contribution is 2.32. The maximum atomic E-state index is 12.4. The van der Waals surface area contributed by atoms with Gasteiger partial charge < -0.3 is 0 Å². The van der Waals surface area contributed by atoms with Crippen LogP contribution in [0.25, 0.3) is 0 Å². The summed E-state index contributed by atoms with van der Waals surface area (Å²) in [6.45, 7) is 1.34. The first-order valence-electron chi connectivity index (χ1n) is 4.03. The fourth-order valence-corrected chi connectivity index (χ4v) is 1.17. The van der Waals surface area contributed by atoms with E-state index in [4.69, 9.17) is 5.26 Å². The Bertz CT molecular complexity index is 469. The fourth-order valence-electron chi connectivity index (χ4n) is 1.17. The second-order valence-electron chi connectivity index (χ2n) is 2.84. The number of nitrogens with zero attached hydrogens (tertiary/aromatic N) is 1. The standard InChI is InChI=1S/C11H6F3N/c1-8-9(5-3-7-15)4-2-6-10(8)11(12,13)14/h2,4,6H,1H3. The summed E-state index contributed by atoms with van der Waals surface area (Å²) in [4.78, 5) is 0. The van der Waals surface area contributed by atoms with E-state index in [-0.39, 0.29) is 11.1 Å². The van der Waals surface area contributed by atoms with Crippen LogP contribution in [0, 0.1) is 30.1 Å². The maximum absolute atomic E-state index is 12.4. The topological polar surface area (TPSA) is 23.8 Å². The summed E-state index contributed by atoms with van der Waals surface area (Å²) >= 11 is 0. The molecular formula is C11H6F3N. The first-order chi connectivity index (χ1) is 6.96. The summed E-state index contributed by atoms with van der Waals surface area (Å²) in [7, 11) is 0. The lowest BCUT2D eigenvalue weighted by molar-refractivity contribution is -0.138. The highest BCUT2D eigenvalue weighted by molar-refractivity contribution is 5.47. The van der Waals surface area contributed by atoms with Crippen LogP contribution in [0.1, 0.15) is 16.7 Å². The lowest BCUT2D eigenvalue weighted by Gasteiger charge is -2.10. The van der Waals surface area contributed by atoms with Crippen LogP contribution in [-0.2, 0) is 6.18 Å². The van der Waals surface area contributed by atoms with Crippen molar-refractivity contribution in [3.63, 3.8) is 0 Å². The van der Waals surface area contributed by atoms with Crippen molar-refractivity contribution in [3.8, 4) is 17.9 Å². The highest BCUT2D eigenvalue weighted by atomic mass is 19.4. The number of alkyl halides is 3. The van der Waals surface area contributed by atoms with Gasteiger partial charge in [0.25, 0.3) is 0 Å². The molecule has 0 spiro atoms. The Morgan fingerprint density at radius 1 is 1.27 bits per heavy atom. The molecule has 0 saturated heterocycles. The Labute approximate surface area is 85.1 Å². The lowest BCUT2D eigenvalue weighted by atomic mass is 10.0. The van der Waals surface area contributed by atoms with Crippen LogP contribution in [0.5, 0.6) is 0 Å². The van der Waals surface area contributed by atoms with Crippen molar-refractivity contribution in [2.45, 2.75) is 13.1 Å². The summed E-state index contributed by atoms with van der Waals surface area (Å²) in [6, 6.07) is 5.28. The van der Waals surface area contributed by atoms with Gasteiger partial charge in [0.05, 0.1) is 5.56 Å². The van der Waals surface area contributed by atoms with Gasteiger partial charge in [0.2, 0.25) is 0 Å². The van der Waals surface area contributed by atoms with Crippen LogP contribution >= 0.6 is 0 Å². The van der Waals surface area contributed by atoms with Crippen LogP contribution in [0.4, 0.5) is 13.2 Å². The average Bonchev–Trinajstić information content (AvgIpc) is 2.14. The van der Waals surface area contributed by atoms with Gasteiger partial charge >= 0.3 is 6.18 Å². The van der Waals surface area contributed by atoms with Crippen molar-refractivity contribution in [2.24, 2.45) is 0 Å². The Hall–Kier alpha value is -1.94. The molecule has 0 amide bonds. The van der Waals surface area contributed by atoms with Gasteiger partial charge in [-0.25, -0.2) is 0 Å². The lowest BCUT2D eigenvalue weighted by Crippen LogP contribution is -2.08. The molecular weight excluding hydrogens is 203 g/mol. The summed E-state index contributed by atoms with van der Waals surface area (Å²) in [6.07, 6.45) is -4.38. The number of hydrogen-bond donors (Lipinski definition) is 0. The van der Waals surface area contributed by atoms with Crippen molar-refractivity contribution in [3.05, 3.63) is 34.9 Å². The molecule has 0 N–H and O–H groups in total. The second-order valence-corrected chi connectivity index (χ2v) is 2.84. The third-order valence-corrected chi connectivity index (χ3v) is 1.89. The molecule has 0 aliphatic carbocycles. The Morgan fingerprint density at radius 3 is 2.47 bits per heavy atom. The molecule has 76 valence electrons. The van der Waals surface area contributed by atoms with E-state index in [2.05, 4.69) is 11.8 Å². The zero-order valence-electron chi connectivity index (χ0n) is 7.81. The number of nitriles is 1. The molecule has 0 radical (unpaired) electrons. The normalized spacial score (nSPS) is 10.1. The first kappa shape index (κ1) is 11.1. The minimum atomic E-state index is -4.38. The van der Waals surface area contributed by atoms with Crippen LogP contribution in [0.3, 0.4) is 0 Å². The average molecular weight is 209 g/mol. The van der Waals surface area contributed by atoms with Gasteiger partial charge in [0, 0.05) is 11.5 Å². The van der Waals surface area contributed by atoms with E-state index in [0.717, 1.165) is 6.07 Å². The summed E-state index contributed by atoms with van der Waals surface area (Å²) in [5, 5.41) is 8.20. The van der Waals surface area contributed by atoms with Gasteiger partial charge in [-0.05, 0) is 24.6 Å². The zero-order chi connectivity index (χ0) is 11.5. The van der Waals surface area contributed by atoms with Crippen LogP contribution in [0.2, 0.25) is 0 Å². The zero-order valence-corrected chi connectivity index (χ0v) is 7.81. The Balaban J connectivity index is 3.31. The van der Waals surface area contributed by atoms with Crippen molar-refractivity contribution < 1.29 is 13.2 Å². The van der Waals surface area contributed by atoms with E-state index in [1.54, 1.807) is 6.07 Å². The summed E-state index contributed by atoms with van der Waals surface area (Å²) in [5.41, 5.74) is -0.439. The van der Waals surface area contributed by atoms with Gasteiger partial charge in [-0.3, -0.25) is 0 Å². The van der Waals surface area contributed by atoms with Crippen molar-refractivity contribution in [1.29, 1.82) is 5.26 Å². The molecule has 1 aromatic carbocycles. The summed E-state index contributed by atoms with van der Waals surface area (Å²) < 4.78 is 37.3. The molecule has 1 rings (SSSR count). The van der Waals surface area contributed by atoms with Crippen LogP contribution in [-0.4, -0.2) is 0 Å². The molecule has 0 aliphatic rings. The fraction of sp³-hybridized carbons (Fsp3) is 0.182. The molecule has 0 unspecified atom stereocenters. The van der Waals surface area contributed by atoms with E-state index in [9.17, 15) is 13.2 Å². The van der Waals surface area contributed by atoms with Crippen molar-refractivity contribution in [2.75, 3.05) is 0 Å². The minimum Gasteiger partial charge on any atom is -0.183 e. The molecule has 1 aromatic rings. The molecule has 0 bridgehead atoms. The SMILES string of the molecule is Cc1c(C#CC#N)cccc1C(F)(F)F. The molecule has 0 aliphatic heterocycles. The molecule has 0 aromatic heterocycles. The maximum Gasteiger partial charge on any atom is 0.416 e. The smallest absolute Gasteiger partial charge is 0.183 e. The highest BCUT2D eigenvalue weighted by Gasteiger charge is 2.32. The van der Waals surface area contributed by atoms with Crippen molar-refractivity contribution in [1.82, 2.24) is 0 Å². The molecule has 0 atom stereocenters. The number of rotatable bonds is 0. The monoisotopic (exact) mass is 209 g/mol. The third kappa shape index (κ3) is 2.51.